The Kier molecular flexibility index (Phi) is 4.15. The maximum absolute atomic E-state index is 9.46. The van der Waals surface area contributed by atoms with Crippen LogP contribution >= 0.6 is 11.6 Å². The van der Waals surface area contributed by atoms with Crippen molar-refractivity contribution in [3.8, 4) is 0 Å². The number of piperazine rings is 1. The fourth-order valence-electron chi connectivity index (χ4n) is 2.63. The molecule has 0 saturated carbocycles. The number of halogens is 1. The van der Waals surface area contributed by atoms with E-state index in [0.717, 1.165) is 29.4 Å². The SMILES string of the molecule is CC1CN(c2c(Cl)cccc2CO)CC(C)N1C. The van der Waals surface area contributed by atoms with Gasteiger partial charge in [0.05, 0.1) is 17.3 Å². The van der Waals surface area contributed by atoms with E-state index in [4.69, 9.17) is 11.6 Å². The predicted molar refractivity (Wildman–Crippen MR) is 76.3 cm³/mol. The average molecular weight is 269 g/mol. The topological polar surface area (TPSA) is 26.7 Å². The Hall–Kier alpha value is -0.770. The highest BCUT2D eigenvalue weighted by Crippen LogP contribution is 2.32. The molecular weight excluding hydrogens is 248 g/mol. The van der Waals surface area contributed by atoms with E-state index in [1.54, 1.807) is 0 Å². The first-order valence-electron chi connectivity index (χ1n) is 6.39. The Morgan fingerprint density at radius 3 is 2.44 bits per heavy atom. The Labute approximate surface area is 114 Å². The Morgan fingerprint density at radius 2 is 1.89 bits per heavy atom. The molecule has 1 heterocycles. The molecule has 3 nitrogen and oxygen atoms in total. The number of anilines is 1. The van der Waals surface area contributed by atoms with Gasteiger partial charge >= 0.3 is 0 Å². The first kappa shape index (κ1) is 13.7. The third-order valence-electron chi connectivity index (χ3n) is 3.92. The Morgan fingerprint density at radius 1 is 1.28 bits per heavy atom. The third-order valence-corrected chi connectivity index (χ3v) is 4.22. The maximum atomic E-state index is 9.46. The summed E-state index contributed by atoms with van der Waals surface area (Å²) in [6.45, 7) is 6.36. The molecule has 0 aromatic heterocycles. The quantitative estimate of drug-likeness (QED) is 0.892. The number of hydrogen-bond acceptors (Lipinski definition) is 3. The van der Waals surface area contributed by atoms with Crippen LogP contribution < -0.4 is 4.90 Å². The molecule has 1 fully saturated rings. The molecule has 0 radical (unpaired) electrons. The number of para-hydroxylation sites is 1. The van der Waals surface area contributed by atoms with Crippen molar-refractivity contribution >= 4 is 17.3 Å². The number of hydrogen-bond donors (Lipinski definition) is 1. The molecule has 0 aliphatic carbocycles. The van der Waals surface area contributed by atoms with Crippen LogP contribution in [0.15, 0.2) is 18.2 Å². The molecule has 1 saturated heterocycles. The van der Waals surface area contributed by atoms with Crippen LogP contribution in [0.5, 0.6) is 0 Å². The van der Waals surface area contributed by atoms with Crippen molar-refractivity contribution in [1.29, 1.82) is 0 Å². The van der Waals surface area contributed by atoms with Gasteiger partial charge in [0.25, 0.3) is 0 Å². The molecule has 1 N–H and O–H groups in total. The lowest BCUT2D eigenvalue weighted by atomic mass is 10.1. The van der Waals surface area contributed by atoms with Gasteiger partial charge in [-0.15, -0.1) is 0 Å². The summed E-state index contributed by atoms with van der Waals surface area (Å²) in [5.41, 5.74) is 1.90. The van der Waals surface area contributed by atoms with E-state index in [1.807, 2.05) is 18.2 Å². The normalized spacial score (nSPS) is 25.5. The summed E-state index contributed by atoms with van der Waals surface area (Å²) >= 11 is 6.31. The average Bonchev–Trinajstić information content (AvgIpc) is 2.35. The third kappa shape index (κ3) is 2.48. The van der Waals surface area contributed by atoms with Crippen molar-refractivity contribution in [1.82, 2.24) is 4.90 Å². The van der Waals surface area contributed by atoms with Gasteiger partial charge in [0, 0.05) is 30.7 Å². The summed E-state index contributed by atoms with van der Waals surface area (Å²) in [7, 11) is 2.16. The number of likely N-dealkylation sites (N-methyl/N-ethyl adjacent to an activating group) is 1. The molecule has 0 amide bonds. The first-order chi connectivity index (χ1) is 8.54. The highest BCUT2D eigenvalue weighted by atomic mass is 35.5. The molecule has 2 rings (SSSR count). The number of aliphatic hydroxyl groups is 1. The standard InChI is InChI=1S/C14H21ClN2O/c1-10-7-17(8-11(2)16(10)3)14-12(9-18)5-4-6-13(14)15/h4-6,10-11,18H,7-9H2,1-3H3. The first-order valence-corrected chi connectivity index (χ1v) is 6.77. The Balaban J connectivity index is 2.32. The number of benzene rings is 1. The largest absolute Gasteiger partial charge is 0.392 e. The minimum absolute atomic E-state index is 0.0327. The van der Waals surface area contributed by atoms with Crippen LogP contribution in [0.4, 0.5) is 5.69 Å². The lowest BCUT2D eigenvalue weighted by Crippen LogP contribution is -2.55. The second-order valence-corrected chi connectivity index (χ2v) is 5.58. The molecule has 1 aliphatic rings. The predicted octanol–water partition coefficient (Wildman–Crippen LogP) is 2.36. The van der Waals surface area contributed by atoms with Crippen LogP contribution in [0.3, 0.4) is 0 Å². The monoisotopic (exact) mass is 268 g/mol. The van der Waals surface area contributed by atoms with E-state index < -0.39 is 0 Å². The molecular formula is C14H21ClN2O. The van der Waals surface area contributed by atoms with Gasteiger partial charge in [-0.25, -0.2) is 0 Å². The summed E-state index contributed by atoms with van der Waals surface area (Å²) in [5, 5.41) is 10.2. The molecule has 0 spiro atoms. The van der Waals surface area contributed by atoms with Crippen LogP contribution in [0, 0.1) is 0 Å². The molecule has 1 aliphatic heterocycles. The Bertz CT molecular complexity index is 412. The zero-order valence-electron chi connectivity index (χ0n) is 11.2. The summed E-state index contributed by atoms with van der Waals surface area (Å²) in [4.78, 5) is 4.68. The van der Waals surface area contributed by atoms with Crippen molar-refractivity contribution in [2.45, 2.75) is 32.5 Å². The number of rotatable bonds is 2. The van der Waals surface area contributed by atoms with E-state index in [1.165, 1.54) is 0 Å². The van der Waals surface area contributed by atoms with E-state index in [0.29, 0.717) is 12.1 Å². The van der Waals surface area contributed by atoms with E-state index in [9.17, 15) is 5.11 Å². The van der Waals surface area contributed by atoms with Gasteiger partial charge in [-0.2, -0.15) is 0 Å². The van der Waals surface area contributed by atoms with Crippen molar-refractivity contribution < 1.29 is 5.11 Å². The van der Waals surface area contributed by atoms with Crippen LogP contribution in [0.2, 0.25) is 5.02 Å². The van der Waals surface area contributed by atoms with Crippen LogP contribution in [0.25, 0.3) is 0 Å². The van der Waals surface area contributed by atoms with Crippen molar-refractivity contribution in [2.75, 3.05) is 25.0 Å². The van der Waals surface area contributed by atoms with Gasteiger partial charge in [0.15, 0.2) is 0 Å². The number of nitrogens with zero attached hydrogens (tertiary/aromatic N) is 2. The van der Waals surface area contributed by atoms with Crippen LogP contribution in [0.1, 0.15) is 19.4 Å². The summed E-state index contributed by atoms with van der Waals surface area (Å²) in [5.74, 6) is 0. The van der Waals surface area contributed by atoms with Crippen molar-refractivity contribution in [3.05, 3.63) is 28.8 Å². The van der Waals surface area contributed by atoms with Gasteiger partial charge < -0.3 is 10.0 Å². The summed E-state index contributed by atoms with van der Waals surface area (Å²) in [6, 6.07) is 6.69. The van der Waals surface area contributed by atoms with Crippen LogP contribution in [-0.2, 0) is 6.61 Å². The van der Waals surface area contributed by atoms with Crippen molar-refractivity contribution in [2.24, 2.45) is 0 Å². The summed E-state index contributed by atoms with van der Waals surface area (Å²) < 4.78 is 0. The van der Waals surface area contributed by atoms with E-state index in [2.05, 4.69) is 30.7 Å². The van der Waals surface area contributed by atoms with Crippen LogP contribution in [-0.4, -0.2) is 42.2 Å². The van der Waals surface area contributed by atoms with E-state index in [-0.39, 0.29) is 6.61 Å². The lowest BCUT2D eigenvalue weighted by Gasteiger charge is -2.44. The zero-order chi connectivity index (χ0) is 13.3. The zero-order valence-corrected chi connectivity index (χ0v) is 12.0. The lowest BCUT2D eigenvalue weighted by molar-refractivity contribution is 0.169. The van der Waals surface area contributed by atoms with Gasteiger partial charge in [0.2, 0.25) is 0 Å². The second-order valence-electron chi connectivity index (χ2n) is 5.17. The molecule has 0 bridgehead atoms. The minimum Gasteiger partial charge on any atom is -0.392 e. The fraction of sp³-hybridized carbons (Fsp3) is 0.571. The van der Waals surface area contributed by atoms with Gasteiger partial charge in [-0.3, -0.25) is 4.90 Å². The molecule has 2 unspecified atom stereocenters. The van der Waals surface area contributed by atoms with Gasteiger partial charge in [0.1, 0.15) is 0 Å². The highest BCUT2D eigenvalue weighted by Gasteiger charge is 2.28. The molecule has 18 heavy (non-hydrogen) atoms. The fourth-order valence-corrected chi connectivity index (χ4v) is 2.94. The second kappa shape index (κ2) is 5.47. The van der Waals surface area contributed by atoms with E-state index >= 15 is 0 Å². The minimum atomic E-state index is 0.0327. The number of aliphatic hydroxyl groups excluding tert-OH is 1. The summed E-state index contributed by atoms with van der Waals surface area (Å²) in [6.07, 6.45) is 0. The maximum Gasteiger partial charge on any atom is 0.0702 e. The molecule has 1 aromatic rings. The molecule has 2 atom stereocenters. The van der Waals surface area contributed by atoms with Gasteiger partial charge in [-0.1, -0.05) is 23.7 Å². The smallest absolute Gasteiger partial charge is 0.0702 e. The molecule has 100 valence electrons. The van der Waals surface area contributed by atoms with Crippen molar-refractivity contribution in [3.63, 3.8) is 0 Å². The molecule has 4 heteroatoms. The van der Waals surface area contributed by atoms with Gasteiger partial charge in [-0.05, 0) is 27.0 Å². The highest BCUT2D eigenvalue weighted by molar-refractivity contribution is 6.33. The molecule has 1 aromatic carbocycles.